The van der Waals surface area contributed by atoms with Crippen LogP contribution >= 0.6 is 0 Å². The van der Waals surface area contributed by atoms with Crippen molar-refractivity contribution in [3.63, 3.8) is 0 Å². The minimum atomic E-state index is 0.0755. The SMILES string of the molecule is CC1CN(c2ccnc(N(C)C)n2)CC(CN)O1. The number of nitrogens with zero attached hydrogens (tertiary/aromatic N) is 4. The zero-order valence-electron chi connectivity index (χ0n) is 11.2. The van der Waals surface area contributed by atoms with Crippen LogP contribution in [0.2, 0.25) is 0 Å². The first-order valence-electron chi connectivity index (χ1n) is 6.21. The van der Waals surface area contributed by atoms with Gasteiger partial charge in [-0.15, -0.1) is 0 Å². The van der Waals surface area contributed by atoms with E-state index in [1.165, 1.54) is 0 Å². The molecule has 6 nitrogen and oxygen atoms in total. The Morgan fingerprint density at radius 2 is 2.28 bits per heavy atom. The van der Waals surface area contributed by atoms with Gasteiger partial charge in [0, 0.05) is 39.9 Å². The predicted molar refractivity (Wildman–Crippen MR) is 72.0 cm³/mol. The molecule has 2 unspecified atom stereocenters. The molecule has 100 valence electrons. The summed E-state index contributed by atoms with van der Waals surface area (Å²) in [7, 11) is 3.87. The van der Waals surface area contributed by atoms with E-state index in [2.05, 4.69) is 21.8 Å². The molecular formula is C12H21N5O. The lowest BCUT2D eigenvalue weighted by Gasteiger charge is -2.37. The highest BCUT2D eigenvalue weighted by atomic mass is 16.5. The van der Waals surface area contributed by atoms with Crippen molar-refractivity contribution in [2.45, 2.75) is 19.1 Å². The molecule has 0 amide bonds. The third-order valence-electron chi connectivity index (χ3n) is 2.94. The fourth-order valence-corrected chi connectivity index (χ4v) is 2.09. The van der Waals surface area contributed by atoms with E-state index in [0.717, 1.165) is 24.9 Å². The van der Waals surface area contributed by atoms with Crippen molar-refractivity contribution in [3.05, 3.63) is 12.3 Å². The van der Waals surface area contributed by atoms with Crippen molar-refractivity contribution in [3.8, 4) is 0 Å². The number of ether oxygens (including phenoxy) is 1. The lowest BCUT2D eigenvalue weighted by molar-refractivity contribution is -0.0107. The largest absolute Gasteiger partial charge is 0.370 e. The van der Waals surface area contributed by atoms with Gasteiger partial charge < -0.3 is 20.3 Å². The molecule has 2 atom stereocenters. The van der Waals surface area contributed by atoms with E-state index in [0.29, 0.717) is 6.54 Å². The highest BCUT2D eigenvalue weighted by molar-refractivity contribution is 5.43. The zero-order chi connectivity index (χ0) is 13.1. The molecule has 1 aliphatic rings. The van der Waals surface area contributed by atoms with Crippen LogP contribution in [0.3, 0.4) is 0 Å². The third-order valence-corrected chi connectivity index (χ3v) is 2.94. The first kappa shape index (κ1) is 13.0. The molecular weight excluding hydrogens is 230 g/mol. The van der Waals surface area contributed by atoms with Crippen molar-refractivity contribution in [1.29, 1.82) is 0 Å². The smallest absolute Gasteiger partial charge is 0.226 e. The number of morpholine rings is 1. The van der Waals surface area contributed by atoms with Gasteiger partial charge in [0.25, 0.3) is 0 Å². The molecule has 1 aromatic rings. The van der Waals surface area contributed by atoms with Crippen LogP contribution in [0.25, 0.3) is 0 Å². The lowest BCUT2D eigenvalue weighted by Crippen LogP contribution is -2.49. The van der Waals surface area contributed by atoms with Crippen molar-refractivity contribution in [1.82, 2.24) is 9.97 Å². The van der Waals surface area contributed by atoms with Gasteiger partial charge in [0.1, 0.15) is 5.82 Å². The van der Waals surface area contributed by atoms with Gasteiger partial charge in [-0.1, -0.05) is 0 Å². The second-order valence-corrected chi connectivity index (χ2v) is 4.82. The van der Waals surface area contributed by atoms with Crippen LogP contribution in [0, 0.1) is 0 Å². The summed E-state index contributed by atoms with van der Waals surface area (Å²) < 4.78 is 5.74. The Morgan fingerprint density at radius 1 is 1.50 bits per heavy atom. The highest BCUT2D eigenvalue weighted by Crippen LogP contribution is 2.19. The van der Waals surface area contributed by atoms with E-state index < -0.39 is 0 Å². The topological polar surface area (TPSA) is 67.5 Å². The average molecular weight is 251 g/mol. The molecule has 0 saturated carbocycles. The summed E-state index contributed by atoms with van der Waals surface area (Å²) in [5.74, 6) is 1.65. The standard InChI is InChI=1S/C12H21N5O/c1-9-7-17(8-10(6-13)18-9)11-4-5-14-12(15-11)16(2)3/h4-5,9-10H,6-8,13H2,1-3H3. The summed E-state index contributed by atoms with van der Waals surface area (Å²) in [4.78, 5) is 12.9. The molecule has 1 saturated heterocycles. The van der Waals surface area contributed by atoms with Gasteiger partial charge in [0.2, 0.25) is 5.95 Å². The monoisotopic (exact) mass is 251 g/mol. The maximum absolute atomic E-state index is 5.74. The van der Waals surface area contributed by atoms with Crippen molar-refractivity contribution >= 4 is 11.8 Å². The van der Waals surface area contributed by atoms with Gasteiger partial charge in [-0.2, -0.15) is 4.98 Å². The van der Waals surface area contributed by atoms with Crippen LogP contribution in [0.5, 0.6) is 0 Å². The van der Waals surface area contributed by atoms with E-state index in [-0.39, 0.29) is 12.2 Å². The van der Waals surface area contributed by atoms with Crippen molar-refractivity contribution in [2.24, 2.45) is 5.73 Å². The summed E-state index contributed by atoms with van der Waals surface area (Å²) >= 11 is 0. The lowest BCUT2D eigenvalue weighted by atomic mass is 10.2. The van der Waals surface area contributed by atoms with Crippen LogP contribution in [-0.2, 0) is 4.74 Å². The van der Waals surface area contributed by atoms with Gasteiger partial charge in [-0.3, -0.25) is 0 Å². The number of hydrogen-bond acceptors (Lipinski definition) is 6. The van der Waals surface area contributed by atoms with E-state index in [9.17, 15) is 0 Å². The molecule has 0 bridgehead atoms. The fraction of sp³-hybridized carbons (Fsp3) is 0.667. The van der Waals surface area contributed by atoms with Crippen LogP contribution in [-0.4, -0.2) is 55.9 Å². The van der Waals surface area contributed by atoms with Gasteiger partial charge in [-0.25, -0.2) is 4.98 Å². The summed E-state index contributed by atoms with van der Waals surface area (Å²) in [5, 5.41) is 0. The third kappa shape index (κ3) is 2.88. The van der Waals surface area contributed by atoms with Gasteiger partial charge in [0.05, 0.1) is 12.2 Å². The number of hydrogen-bond donors (Lipinski definition) is 1. The highest BCUT2D eigenvalue weighted by Gasteiger charge is 2.25. The molecule has 1 fully saturated rings. The maximum Gasteiger partial charge on any atom is 0.226 e. The fourth-order valence-electron chi connectivity index (χ4n) is 2.09. The second-order valence-electron chi connectivity index (χ2n) is 4.82. The Kier molecular flexibility index (Phi) is 3.98. The molecule has 0 aromatic carbocycles. The molecule has 2 rings (SSSR count). The normalized spacial score (nSPS) is 24.1. The van der Waals surface area contributed by atoms with Crippen LogP contribution in [0.1, 0.15) is 6.92 Å². The quantitative estimate of drug-likeness (QED) is 0.821. The van der Waals surface area contributed by atoms with Crippen LogP contribution in [0.4, 0.5) is 11.8 Å². The molecule has 2 N–H and O–H groups in total. The molecule has 0 radical (unpaired) electrons. The van der Waals surface area contributed by atoms with Crippen LogP contribution < -0.4 is 15.5 Å². The Labute approximate surface area is 108 Å². The summed E-state index contributed by atoms with van der Waals surface area (Å²) in [6.07, 6.45) is 2.03. The number of anilines is 2. The molecule has 0 aliphatic carbocycles. The predicted octanol–water partition coefficient (Wildman–Crippen LogP) is 0.0950. The van der Waals surface area contributed by atoms with Crippen molar-refractivity contribution < 1.29 is 4.74 Å². The van der Waals surface area contributed by atoms with E-state index in [1.54, 1.807) is 6.20 Å². The summed E-state index contributed by atoms with van der Waals surface area (Å²) in [6, 6.07) is 1.93. The molecule has 0 spiro atoms. The Balaban J connectivity index is 2.17. The van der Waals surface area contributed by atoms with Gasteiger partial charge in [0.15, 0.2) is 0 Å². The van der Waals surface area contributed by atoms with Crippen molar-refractivity contribution in [2.75, 3.05) is 43.5 Å². The Bertz CT molecular complexity index is 398. The average Bonchev–Trinajstić information content (AvgIpc) is 2.38. The number of aromatic nitrogens is 2. The molecule has 2 heterocycles. The minimum absolute atomic E-state index is 0.0755. The maximum atomic E-state index is 5.74. The molecule has 1 aliphatic heterocycles. The minimum Gasteiger partial charge on any atom is -0.370 e. The molecule has 1 aromatic heterocycles. The number of nitrogens with two attached hydrogens (primary N) is 1. The molecule has 18 heavy (non-hydrogen) atoms. The summed E-state index contributed by atoms with van der Waals surface area (Å²) in [5.41, 5.74) is 5.69. The summed E-state index contributed by atoms with van der Waals surface area (Å²) in [6.45, 7) is 4.21. The van der Waals surface area contributed by atoms with E-state index in [4.69, 9.17) is 10.5 Å². The van der Waals surface area contributed by atoms with E-state index >= 15 is 0 Å². The van der Waals surface area contributed by atoms with Gasteiger partial charge in [-0.05, 0) is 13.0 Å². The Hall–Kier alpha value is -1.40. The van der Waals surface area contributed by atoms with E-state index in [1.807, 2.05) is 25.1 Å². The first-order valence-corrected chi connectivity index (χ1v) is 6.21. The number of rotatable bonds is 3. The first-order chi connectivity index (χ1) is 8.60. The van der Waals surface area contributed by atoms with Crippen LogP contribution in [0.15, 0.2) is 12.3 Å². The van der Waals surface area contributed by atoms with Gasteiger partial charge >= 0.3 is 0 Å². The second kappa shape index (κ2) is 5.49. The Morgan fingerprint density at radius 3 is 2.94 bits per heavy atom. The molecule has 6 heteroatoms. The zero-order valence-corrected chi connectivity index (χ0v) is 11.2.